The number of aromatic nitrogens is 1. The van der Waals surface area contributed by atoms with Crippen LogP contribution in [0.4, 0.5) is 0 Å². The summed E-state index contributed by atoms with van der Waals surface area (Å²) in [7, 11) is 3.16. The lowest BCUT2D eigenvalue weighted by Gasteiger charge is -2.25. The number of methoxy groups -OCH3 is 2. The number of aryl methyl sites for hydroxylation is 1. The van der Waals surface area contributed by atoms with E-state index in [1.165, 1.54) is 0 Å². The largest absolute Gasteiger partial charge is 0.505 e. The Bertz CT molecular complexity index is 1020. The monoisotopic (exact) mass is 323 g/mol. The molecule has 1 aromatic heterocycles. The van der Waals surface area contributed by atoms with Crippen molar-refractivity contribution in [1.29, 1.82) is 0 Å². The molecule has 0 aliphatic carbocycles. The number of hydrogen-bond donors (Lipinski definition) is 1. The van der Waals surface area contributed by atoms with Crippen LogP contribution in [-0.2, 0) is 13.0 Å². The van der Waals surface area contributed by atoms with Gasteiger partial charge in [0.2, 0.25) is 0 Å². The van der Waals surface area contributed by atoms with Gasteiger partial charge in [-0.05, 0) is 30.2 Å². The molecule has 0 spiro atoms. The maximum absolute atomic E-state index is 12.8. The van der Waals surface area contributed by atoms with Crippen LogP contribution in [0.3, 0.4) is 0 Å². The number of aromatic hydroxyl groups is 1. The molecule has 0 amide bonds. The zero-order chi connectivity index (χ0) is 16.8. The van der Waals surface area contributed by atoms with E-state index in [1.807, 2.05) is 18.2 Å². The van der Waals surface area contributed by atoms with Crippen LogP contribution in [0.1, 0.15) is 5.56 Å². The highest BCUT2D eigenvalue weighted by atomic mass is 16.5. The smallest absolute Gasteiger partial charge is 0.259 e. The zero-order valence-corrected chi connectivity index (χ0v) is 13.5. The quantitative estimate of drug-likeness (QED) is 0.788. The number of pyridine rings is 1. The van der Waals surface area contributed by atoms with Gasteiger partial charge >= 0.3 is 0 Å². The van der Waals surface area contributed by atoms with Gasteiger partial charge in [0.25, 0.3) is 5.56 Å². The predicted octanol–water partition coefficient (Wildman–Crippen LogP) is 2.95. The molecule has 1 aliphatic rings. The summed E-state index contributed by atoms with van der Waals surface area (Å²) >= 11 is 0. The van der Waals surface area contributed by atoms with Gasteiger partial charge in [-0.15, -0.1) is 0 Å². The fourth-order valence-electron chi connectivity index (χ4n) is 3.45. The third kappa shape index (κ3) is 1.91. The first-order valence-corrected chi connectivity index (χ1v) is 7.75. The average Bonchev–Trinajstić information content (AvgIpc) is 2.64. The molecule has 0 unspecified atom stereocenters. The van der Waals surface area contributed by atoms with Crippen LogP contribution in [-0.4, -0.2) is 23.9 Å². The van der Waals surface area contributed by atoms with Gasteiger partial charge in [0.1, 0.15) is 5.75 Å². The van der Waals surface area contributed by atoms with Crippen LogP contribution in [0.15, 0.2) is 41.2 Å². The van der Waals surface area contributed by atoms with Crippen molar-refractivity contribution < 1.29 is 14.6 Å². The Labute approximate surface area is 138 Å². The van der Waals surface area contributed by atoms with Crippen molar-refractivity contribution in [2.45, 2.75) is 13.0 Å². The molecule has 5 heteroatoms. The van der Waals surface area contributed by atoms with Crippen molar-refractivity contribution in [2.75, 3.05) is 14.2 Å². The van der Waals surface area contributed by atoms with E-state index in [4.69, 9.17) is 9.47 Å². The summed E-state index contributed by atoms with van der Waals surface area (Å²) in [6.45, 7) is 0.523. The first-order chi connectivity index (χ1) is 11.7. The Hall–Kier alpha value is -2.95. The van der Waals surface area contributed by atoms with Gasteiger partial charge in [-0.2, -0.15) is 0 Å². The molecule has 2 heterocycles. The second-order valence-electron chi connectivity index (χ2n) is 5.81. The van der Waals surface area contributed by atoms with E-state index < -0.39 is 0 Å². The van der Waals surface area contributed by atoms with Gasteiger partial charge in [0.15, 0.2) is 11.5 Å². The van der Waals surface area contributed by atoms with E-state index in [0.717, 1.165) is 11.1 Å². The van der Waals surface area contributed by atoms with Crippen LogP contribution in [0.25, 0.3) is 22.0 Å². The van der Waals surface area contributed by atoms with Crippen LogP contribution in [0.2, 0.25) is 0 Å². The van der Waals surface area contributed by atoms with Crippen LogP contribution in [0.5, 0.6) is 17.2 Å². The van der Waals surface area contributed by atoms with Crippen molar-refractivity contribution in [1.82, 2.24) is 4.57 Å². The molecule has 1 aliphatic heterocycles. The fourth-order valence-corrected chi connectivity index (χ4v) is 3.45. The van der Waals surface area contributed by atoms with Crippen molar-refractivity contribution in [2.24, 2.45) is 0 Å². The molecule has 0 fully saturated rings. The normalized spacial score (nSPS) is 12.6. The number of rotatable bonds is 2. The van der Waals surface area contributed by atoms with Crippen molar-refractivity contribution >= 4 is 10.8 Å². The summed E-state index contributed by atoms with van der Waals surface area (Å²) in [4.78, 5) is 12.8. The highest BCUT2D eigenvalue weighted by molar-refractivity contribution is 5.93. The average molecular weight is 323 g/mol. The standard InChI is InChI=1S/C19H17NO4/c1-23-15-9-11-7-8-20-17(14(11)10-16(15)24-2)18(21)12-5-3-4-6-13(12)19(20)22/h3-6,9-10,21H,7-8H2,1-2H3. The van der Waals surface area contributed by atoms with E-state index in [9.17, 15) is 9.90 Å². The third-order valence-electron chi connectivity index (χ3n) is 4.62. The van der Waals surface area contributed by atoms with Gasteiger partial charge in [-0.1, -0.05) is 18.2 Å². The Morgan fingerprint density at radius 2 is 1.71 bits per heavy atom. The van der Waals surface area contributed by atoms with Gasteiger partial charge in [-0.3, -0.25) is 4.79 Å². The van der Waals surface area contributed by atoms with E-state index in [2.05, 4.69) is 0 Å². The minimum Gasteiger partial charge on any atom is -0.505 e. The SMILES string of the molecule is COc1cc2c(cc1OC)-c1c(O)c3ccccc3c(=O)n1CC2. The lowest BCUT2D eigenvalue weighted by atomic mass is 9.94. The molecular weight excluding hydrogens is 306 g/mol. The molecule has 3 aromatic rings. The zero-order valence-electron chi connectivity index (χ0n) is 13.5. The first kappa shape index (κ1) is 14.6. The summed E-state index contributed by atoms with van der Waals surface area (Å²) in [5, 5.41) is 11.9. The second kappa shape index (κ2) is 5.30. The first-order valence-electron chi connectivity index (χ1n) is 7.75. The molecule has 122 valence electrons. The molecule has 0 saturated heterocycles. The predicted molar refractivity (Wildman–Crippen MR) is 92.1 cm³/mol. The maximum Gasteiger partial charge on any atom is 0.259 e. The number of fused-ring (bicyclic) bond motifs is 4. The third-order valence-corrected chi connectivity index (χ3v) is 4.62. The maximum atomic E-state index is 12.8. The molecule has 24 heavy (non-hydrogen) atoms. The summed E-state index contributed by atoms with van der Waals surface area (Å²) in [6, 6.07) is 10.9. The molecule has 0 saturated carbocycles. The highest BCUT2D eigenvalue weighted by Gasteiger charge is 2.25. The lowest BCUT2D eigenvalue weighted by molar-refractivity contribution is 0.354. The van der Waals surface area contributed by atoms with Crippen LogP contribution >= 0.6 is 0 Å². The van der Waals surface area contributed by atoms with E-state index in [-0.39, 0.29) is 11.3 Å². The van der Waals surface area contributed by atoms with Crippen molar-refractivity contribution in [3.63, 3.8) is 0 Å². The Kier molecular flexibility index (Phi) is 3.23. The fraction of sp³-hybridized carbons (Fsp3) is 0.211. The second-order valence-corrected chi connectivity index (χ2v) is 5.81. The lowest BCUT2D eigenvalue weighted by Crippen LogP contribution is -2.26. The molecule has 5 nitrogen and oxygen atoms in total. The number of nitrogens with zero attached hydrogens (tertiary/aromatic N) is 1. The summed E-state index contributed by atoms with van der Waals surface area (Å²) in [5.74, 6) is 1.34. The van der Waals surface area contributed by atoms with Crippen LogP contribution in [0, 0.1) is 0 Å². The summed E-state index contributed by atoms with van der Waals surface area (Å²) < 4.78 is 12.4. The van der Waals surface area contributed by atoms with Gasteiger partial charge in [0, 0.05) is 17.5 Å². The highest BCUT2D eigenvalue weighted by Crippen LogP contribution is 2.42. The molecule has 1 N–H and O–H groups in total. The Morgan fingerprint density at radius 1 is 1.04 bits per heavy atom. The van der Waals surface area contributed by atoms with E-state index in [1.54, 1.807) is 37.0 Å². The van der Waals surface area contributed by atoms with Crippen molar-refractivity contribution in [3.8, 4) is 28.5 Å². The summed E-state index contributed by atoms with van der Waals surface area (Å²) in [5.41, 5.74) is 2.29. The molecular formula is C19H17NO4. The minimum atomic E-state index is -0.0844. The minimum absolute atomic E-state index is 0.0844. The number of benzene rings is 2. The van der Waals surface area contributed by atoms with E-state index >= 15 is 0 Å². The molecule has 2 aromatic carbocycles. The van der Waals surface area contributed by atoms with Crippen molar-refractivity contribution in [3.05, 3.63) is 52.3 Å². The van der Waals surface area contributed by atoms with Gasteiger partial charge < -0.3 is 19.1 Å². The number of hydrogen-bond acceptors (Lipinski definition) is 4. The van der Waals surface area contributed by atoms with Crippen LogP contribution < -0.4 is 15.0 Å². The topological polar surface area (TPSA) is 60.7 Å². The molecule has 0 radical (unpaired) electrons. The molecule has 0 atom stereocenters. The Morgan fingerprint density at radius 3 is 2.42 bits per heavy atom. The number of ether oxygens (including phenoxy) is 2. The molecule has 4 rings (SSSR count). The van der Waals surface area contributed by atoms with Gasteiger partial charge in [-0.25, -0.2) is 0 Å². The molecule has 0 bridgehead atoms. The van der Waals surface area contributed by atoms with Gasteiger partial charge in [0.05, 0.1) is 25.3 Å². The van der Waals surface area contributed by atoms with E-state index in [0.29, 0.717) is 40.9 Å². The Balaban J connectivity index is 2.10. The summed E-state index contributed by atoms with van der Waals surface area (Å²) in [6.07, 6.45) is 0.695.